The van der Waals surface area contributed by atoms with Crippen LogP contribution in [-0.4, -0.2) is 32.6 Å². The molecule has 0 bridgehead atoms. The molecule has 0 spiro atoms. The number of imidazole rings is 1. The van der Waals surface area contributed by atoms with Crippen molar-refractivity contribution in [2.75, 3.05) is 6.61 Å². The van der Waals surface area contributed by atoms with Crippen molar-refractivity contribution >= 4 is 5.97 Å². The van der Waals surface area contributed by atoms with Gasteiger partial charge in [-0.05, 0) is 30.5 Å². The summed E-state index contributed by atoms with van der Waals surface area (Å²) < 4.78 is 6.19. The zero-order valence-electron chi connectivity index (χ0n) is 14.0. The molecular formula is C17H19N3O4. The zero-order valence-corrected chi connectivity index (χ0v) is 14.0. The molecule has 0 amide bonds. The van der Waals surface area contributed by atoms with E-state index in [0.29, 0.717) is 22.7 Å². The lowest BCUT2D eigenvalue weighted by Crippen LogP contribution is -2.17. The first-order valence-corrected chi connectivity index (χ1v) is 7.33. The second-order valence-corrected chi connectivity index (χ2v) is 6.66. The van der Waals surface area contributed by atoms with E-state index in [4.69, 9.17) is 9.84 Å². The second-order valence-electron chi connectivity index (χ2n) is 6.66. The van der Waals surface area contributed by atoms with Crippen LogP contribution in [0.15, 0.2) is 18.2 Å². The van der Waals surface area contributed by atoms with Crippen molar-refractivity contribution < 1.29 is 19.8 Å². The average molecular weight is 329 g/mol. The molecule has 0 saturated carbocycles. The molecule has 24 heavy (non-hydrogen) atoms. The number of carboxylic acids is 1. The molecule has 2 N–H and O–H groups in total. The number of aromatic nitrogens is 2. The Labute approximate surface area is 139 Å². The van der Waals surface area contributed by atoms with Gasteiger partial charge in [0.05, 0.1) is 17.9 Å². The van der Waals surface area contributed by atoms with Gasteiger partial charge < -0.3 is 15.1 Å². The average Bonchev–Trinajstić information content (AvgIpc) is 2.79. The normalized spacial score (nSPS) is 11.1. The van der Waals surface area contributed by atoms with E-state index in [2.05, 4.69) is 4.98 Å². The summed E-state index contributed by atoms with van der Waals surface area (Å²) in [6.45, 7) is 7.99. The number of nitrogens with zero attached hydrogens (tertiary/aromatic N) is 3. The molecule has 1 aromatic heterocycles. The molecule has 0 saturated heterocycles. The van der Waals surface area contributed by atoms with Crippen molar-refractivity contribution in [3.63, 3.8) is 0 Å². The molecule has 0 unspecified atom stereocenters. The molecular weight excluding hydrogens is 310 g/mol. The lowest BCUT2D eigenvalue weighted by Gasteiger charge is -2.19. The van der Waals surface area contributed by atoms with Gasteiger partial charge in [0.25, 0.3) is 0 Å². The molecule has 0 radical (unpaired) electrons. The van der Waals surface area contributed by atoms with Gasteiger partial charge in [0.1, 0.15) is 11.8 Å². The maximum Gasteiger partial charge on any atom is 0.357 e. The third-order valence-electron chi connectivity index (χ3n) is 3.25. The fourth-order valence-electron chi connectivity index (χ4n) is 2.13. The van der Waals surface area contributed by atoms with Gasteiger partial charge in [-0.3, -0.25) is 0 Å². The minimum Gasteiger partial charge on any atom is -0.492 e. The number of ether oxygens (including phenoxy) is 1. The summed E-state index contributed by atoms with van der Waals surface area (Å²) in [7, 11) is 0. The van der Waals surface area contributed by atoms with Gasteiger partial charge in [0, 0.05) is 5.56 Å². The van der Waals surface area contributed by atoms with Crippen LogP contribution in [0.2, 0.25) is 0 Å². The molecule has 0 aliphatic carbocycles. The highest BCUT2D eigenvalue weighted by Crippen LogP contribution is 2.28. The predicted molar refractivity (Wildman–Crippen MR) is 86.2 cm³/mol. The van der Waals surface area contributed by atoms with Crippen LogP contribution in [0.5, 0.6) is 5.75 Å². The number of rotatable bonds is 4. The Bertz CT molecular complexity index is 826. The van der Waals surface area contributed by atoms with Crippen molar-refractivity contribution in [1.29, 1.82) is 5.26 Å². The van der Waals surface area contributed by atoms with Crippen LogP contribution in [0.4, 0.5) is 0 Å². The molecule has 1 aromatic carbocycles. The smallest absolute Gasteiger partial charge is 0.357 e. The van der Waals surface area contributed by atoms with Crippen LogP contribution in [0.3, 0.4) is 0 Å². The van der Waals surface area contributed by atoms with Crippen molar-refractivity contribution in [3.05, 3.63) is 35.2 Å². The highest BCUT2D eigenvalue weighted by molar-refractivity contribution is 5.88. The number of aromatic carboxylic acids is 1. The van der Waals surface area contributed by atoms with Gasteiger partial charge in [0.15, 0.2) is 11.5 Å². The van der Waals surface area contributed by atoms with Crippen LogP contribution < -0.4 is 4.74 Å². The summed E-state index contributed by atoms with van der Waals surface area (Å²) in [5.74, 6) is -0.787. The van der Waals surface area contributed by atoms with Gasteiger partial charge in [-0.15, -0.1) is 0 Å². The predicted octanol–water partition coefficient (Wildman–Crippen LogP) is 3.09. The zero-order chi connectivity index (χ0) is 18.1. The van der Waals surface area contributed by atoms with E-state index in [-0.39, 0.29) is 28.2 Å². The van der Waals surface area contributed by atoms with E-state index < -0.39 is 5.97 Å². The largest absolute Gasteiger partial charge is 0.492 e. The van der Waals surface area contributed by atoms with Crippen LogP contribution >= 0.6 is 0 Å². The number of carbonyl (C=O) groups is 1. The van der Waals surface area contributed by atoms with E-state index in [1.165, 1.54) is 13.0 Å². The van der Waals surface area contributed by atoms with E-state index in [1.54, 1.807) is 12.1 Å². The number of hydrogen-bond donors (Lipinski definition) is 2. The van der Waals surface area contributed by atoms with Crippen LogP contribution in [0.25, 0.3) is 11.4 Å². The van der Waals surface area contributed by atoms with Gasteiger partial charge in [-0.1, -0.05) is 20.8 Å². The monoisotopic (exact) mass is 329 g/mol. The Balaban J connectivity index is 2.42. The first kappa shape index (κ1) is 17.3. The number of nitriles is 1. The first-order chi connectivity index (χ1) is 11.1. The van der Waals surface area contributed by atoms with Gasteiger partial charge in [-0.2, -0.15) is 9.99 Å². The Kier molecular flexibility index (Phi) is 4.51. The summed E-state index contributed by atoms with van der Waals surface area (Å²) in [6.07, 6.45) is 0. The summed E-state index contributed by atoms with van der Waals surface area (Å²) in [4.78, 5) is 15.2. The van der Waals surface area contributed by atoms with Crippen molar-refractivity contribution in [2.24, 2.45) is 5.41 Å². The van der Waals surface area contributed by atoms with E-state index in [9.17, 15) is 15.3 Å². The summed E-state index contributed by atoms with van der Waals surface area (Å²) in [5, 5.41) is 28.5. The van der Waals surface area contributed by atoms with E-state index >= 15 is 0 Å². The number of hydrogen-bond acceptors (Lipinski definition) is 5. The van der Waals surface area contributed by atoms with Gasteiger partial charge in [0.2, 0.25) is 0 Å². The minimum absolute atomic E-state index is 0.0553. The number of benzene rings is 1. The molecule has 0 atom stereocenters. The minimum atomic E-state index is -1.28. The maximum atomic E-state index is 11.2. The highest BCUT2D eigenvalue weighted by atomic mass is 16.5. The summed E-state index contributed by atoms with van der Waals surface area (Å²) >= 11 is 0. The molecule has 2 aromatic rings. The topological polar surface area (TPSA) is 108 Å². The van der Waals surface area contributed by atoms with Gasteiger partial charge >= 0.3 is 5.97 Å². The molecule has 7 nitrogen and oxygen atoms in total. The Hall–Kier alpha value is -3.01. The Morgan fingerprint density at radius 3 is 2.58 bits per heavy atom. The standard InChI is InChI=1S/C17H19N3O4/c1-10-14(16(21)22)20(23)15(19-10)11-5-6-13(12(7-11)8-18)24-9-17(2,3)4/h5-7,23H,9H2,1-4H3,(H,21,22). The maximum absolute atomic E-state index is 11.2. The van der Waals surface area contributed by atoms with Crippen molar-refractivity contribution in [3.8, 4) is 23.2 Å². The molecule has 7 heteroatoms. The van der Waals surface area contributed by atoms with Crippen LogP contribution in [-0.2, 0) is 0 Å². The molecule has 0 aliphatic rings. The fourth-order valence-corrected chi connectivity index (χ4v) is 2.13. The van der Waals surface area contributed by atoms with E-state index in [0.717, 1.165) is 0 Å². The molecule has 1 heterocycles. The molecule has 0 fully saturated rings. The lowest BCUT2D eigenvalue weighted by atomic mass is 9.98. The number of aryl methyl sites for hydroxylation is 1. The molecule has 2 rings (SSSR count). The van der Waals surface area contributed by atoms with Crippen molar-refractivity contribution in [2.45, 2.75) is 27.7 Å². The quantitative estimate of drug-likeness (QED) is 0.834. The fraction of sp³-hybridized carbons (Fsp3) is 0.353. The summed E-state index contributed by atoms with van der Waals surface area (Å²) in [6, 6.07) is 6.80. The highest BCUT2D eigenvalue weighted by Gasteiger charge is 2.22. The third kappa shape index (κ3) is 3.49. The Morgan fingerprint density at radius 2 is 2.08 bits per heavy atom. The molecule has 0 aliphatic heterocycles. The first-order valence-electron chi connectivity index (χ1n) is 7.33. The van der Waals surface area contributed by atoms with Crippen LogP contribution in [0, 0.1) is 23.7 Å². The third-order valence-corrected chi connectivity index (χ3v) is 3.25. The number of carboxylic acid groups (broad SMARTS) is 1. The van der Waals surface area contributed by atoms with Gasteiger partial charge in [-0.25, -0.2) is 9.78 Å². The van der Waals surface area contributed by atoms with Crippen LogP contribution in [0.1, 0.15) is 42.5 Å². The lowest BCUT2D eigenvalue weighted by molar-refractivity contribution is 0.0645. The second kappa shape index (κ2) is 6.24. The Morgan fingerprint density at radius 1 is 1.42 bits per heavy atom. The SMILES string of the molecule is Cc1nc(-c2ccc(OCC(C)(C)C)c(C#N)c2)n(O)c1C(=O)O. The summed E-state index contributed by atoms with van der Waals surface area (Å²) in [5.41, 5.74) is 0.533. The van der Waals surface area contributed by atoms with Crippen molar-refractivity contribution in [1.82, 2.24) is 9.71 Å². The molecule has 126 valence electrons. The van der Waals surface area contributed by atoms with E-state index in [1.807, 2.05) is 26.8 Å².